The van der Waals surface area contributed by atoms with Crippen LogP contribution in [0.4, 0.5) is 10.5 Å². The molecule has 8 heteroatoms. The van der Waals surface area contributed by atoms with Gasteiger partial charge in [0.2, 0.25) is 5.91 Å². The minimum Gasteiger partial charge on any atom is -0.486 e. The molecule has 3 rings (SSSR count). The molecule has 1 aromatic rings. The van der Waals surface area contributed by atoms with Gasteiger partial charge < -0.3 is 20.1 Å². The first-order valence-electron chi connectivity index (χ1n) is 8.62. The van der Waals surface area contributed by atoms with Crippen LogP contribution in [-0.4, -0.2) is 48.0 Å². The molecule has 1 aromatic carbocycles. The molecule has 140 valence electrons. The molecule has 8 nitrogen and oxygen atoms in total. The summed E-state index contributed by atoms with van der Waals surface area (Å²) in [7, 11) is 0. The van der Waals surface area contributed by atoms with Crippen LogP contribution in [0.25, 0.3) is 0 Å². The summed E-state index contributed by atoms with van der Waals surface area (Å²) in [5.41, 5.74) is -0.459. The maximum absolute atomic E-state index is 12.6. The van der Waals surface area contributed by atoms with Crippen molar-refractivity contribution < 1.29 is 23.9 Å². The van der Waals surface area contributed by atoms with E-state index in [9.17, 15) is 14.4 Å². The van der Waals surface area contributed by atoms with Crippen molar-refractivity contribution in [3.63, 3.8) is 0 Å². The maximum atomic E-state index is 12.6. The van der Waals surface area contributed by atoms with Crippen molar-refractivity contribution in [2.45, 2.75) is 32.7 Å². The van der Waals surface area contributed by atoms with Crippen LogP contribution in [0.15, 0.2) is 18.2 Å². The lowest BCUT2D eigenvalue weighted by Gasteiger charge is -2.23. The van der Waals surface area contributed by atoms with E-state index in [-0.39, 0.29) is 18.4 Å². The van der Waals surface area contributed by atoms with Crippen molar-refractivity contribution in [3.8, 4) is 11.5 Å². The molecule has 2 N–H and O–H groups in total. The second-order valence-electron chi connectivity index (χ2n) is 7.16. The van der Waals surface area contributed by atoms with E-state index < -0.39 is 17.5 Å². The summed E-state index contributed by atoms with van der Waals surface area (Å²) in [6.07, 6.45) is 0.512. The van der Waals surface area contributed by atoms with Crippen molar-refractivity contribution in [2.24, 2.45) is 5.92 Å². The number of amides is 4. The minimum atomic E-state index is -0.970. The van der Waals surface area contributed by atoms with Gasteiger partial charge in [-0.05, 0) is 31.4 Å². The molecule has 1 saturated heterocycles. The van der Waals surface area contributed by atoms with Gasteiger partial charge in [0, 0.05) is 11.8 Å². The van der Waals surface area contributed by atoms with Gasteiger partial charge in [0.15, 0.2) is 11.5 Å². The Morgan fingerprint density at radius 2 is 1.96 bits per heavy atom. The second kappa shape index (κ2) is 6.86. The molecule has 2 heterocycles. The van der Waals surface area contributed by atoms with Gasteiger partial charge >= 0.3 is 6.03 Å². The number of hydrogen-bond donors (Lipinski definition) is 2. The van der Waals surface area contributed by atoms with Crippen LogP contribution in [0, 0.1) is 5.92 Å². The largest absolute Gasteiger partial charge is 0.486 e. The highest BCUT2D eigenvalue weighted by Gasteiger charge is 2.48. The summed E-state index contributed by atoms with van der Waals surface area (Å²) in [4.78, 5) is 38.0. The van der Waals surface area contributed by atoms with E-state index in [1.807, 2.05) is 13.8 Å². The lowest BCUT2D eigenvalue weighted by atomic mass is 9.91. The van der Waals surface area contributed by atoms with Crippen molar-refractivity contribution in [2.75, 3.05) is 25.1 Å². The van der Waals surface area contributed by atoms with Gasteiger partial charge in [-0.3, -0.25) is 14.5 Å². The maximum Gasteiger partial charge on any atom is 0.325 e. The normalized spacial score (nSPS) is 21.8. The van der Waals surface area contributed by atoms with E-state index in [0.717, 1.165) is 4.90 Å². The van der Waals surface area contributed by atoms with Crippen molar-refractivity contribution in [3.05, 3.63) is 18.2 Å². The lowest BCUT2D eigenvalue weighted by Crippen LogP contribution is -2.45. The number of urea groups is 1. The van der Waals surface area contributed by atoms with Gasteiger partial charge in [0.1, 0.15) is 25.3 Å². The zero-order valence-electron chi connectivity index (χ0n) is 15.1. The molecule has 0 aromatic heterocycles. The number of fused-ring (bicyclic) bond motifs is 1. The van der Waals surface area contributed by atoms with E-state index >= 15 is 0 Å². The molecule has 0 spiro atoms. The van der Waals surface area contributed by atoms with Gasteiger partial charge in [-0.2, -0.15) is 0 Å². The topological polar surface area (TPSA) is 97.0 Å². The number of nitrogens with zero attached hydrogens (tertiary/aromatic N) is 1. The van der Waals surface area contributed by atoms with E-state index in [1.54, 1.807) is 25.1 Å². The fraction of sp³-hybridized carbons (Fsp3) is 0.500. The third kappa shape index (κ3) is 3.58. The van der Waals surface area contributed by atoms with Crippen LogP contribution in [0.5, 0.6) is 11.5 Å². The molecule has 0 bridgehead atoms. The van der Waals surface area contributed by atoms with Crippen LogP contribution in [-0.2, 0) is 9.59 Å². The number of nitrogens with one attached hydrogen (secondary N) is 2. The quantitative estimate of drug-likeness (QED) is 0.779. The Hall–Kier alpha value is -2.77. The minimum absolute atomic E-state index is 0.232. The molecule has 0 radical (unpaired) electrons. The molecule has 1 atom stereocenters. The van der Waals surface area contributed by atoms with Crippen LogP contribution >= 0.6 is 0 Å². The third-order valence-electron chi connectivity index (χ3n) is 4.29. The summed E-state index contributed by atoms with van der Waals surface area (Å²) >= 11 is 0. The first kappa shape index (κ1) is 18.0. The Kier molecular flexibility index (Phi) is 4.76. The average Bonchev–Trinajstić information content (AvgIpc) is 2.77. The molecule has 4 amide bonds. The molecule has 0 unspecified atom stereocenters. The van der Waals surface area contributed by atoms with Crippen molar-refractivity contribution >= 4 is 23.5 Å². The molecule has 0 aliphatic carbocycles. The third-order valence-corrected chi connectivity index (χ3v) is 4.29. The predicted octanol–water partition coefficient (Wildman–Crippen LogP) is 1.75. The number of ether oxygens (including phenoxy) is 2. The highest BCUT2D eigenvalue weighted by molar-refractivity contribution is 6.09. The fourth-order valence-electron chi connectivity index (χ4n) is 3.31. The van der Waals surface area contributed by atoms with Crippen LogP contribution in [0.1, 0.15) is 27.2 Å². The van der Waals surface area contributed by atoms with E-state index in [4.69, 9.17) is 9.47 Å². The number of imide groups is 1. The summed E-state index contributed by atoms with van der Waals surface area (Å²) < 4.78 is 10.9. The van der Waals surface area contributed by atoms with Crippen molar-refractivity contribution in [1.29, 1.82) is 0 Å². The highest BCUT2D eigenvalue weighted by Crippen LogP contribution is 2.32. The zero-order valence-corrected chi connectivity index (χ0v) is 15.1. The average molecular weight is 361 g/mol. The first-order valence-corrected chi connectivity index (χ1v) is 8.62. The SMILES string of the molecule is CC(C)C[C@@]1(C)NC(=O)N(CC(=O)Nc2ccc3c(c2)OCCO3)C1=O. The Labute approximate surface area is 151 Å². The van der Waals surface area contributed by atoms with Gasteiger partial charge in [0.25, 0.3) is 5.91 Å². The molecule has 2 aliphatic rings. The molecule has 0 saturated carbocycles. The fourth-order valence-corrected chi connectivity index (χ4v) is 3.31. The Bertz CT molecular complexity index is 748. The standard InChI is InChI=1S/C18H23N3O5/c1-11(2)9-18(3)16(23)21(17(24)20-18)10-15(22)19-12-4-5-13-14(8-12)26-7-6-25-13/h4-5,8,11H,6-7,9-10H2,1-3H3,(H,19,22)(H,20,24)/t18-/m1/s1. The van der Waals surface area contributed by atoms with Gasteiger partial charge in [-0.1, -0.05) is 13.8 Å². The number of benzene rings is 1. The molecule has 1 fully saturated rings. The lowest BCUT2D eigenvalue weighted by molar-refractivity contribution is -0.133. The van der Waals surface area contributed by atoms with Crippen molar-refractivity contribution in [1.82, 2.24) is 10.2 Å². The van der Waals surface area contributed by atoms with Gasteiger partial charge in [0.05, 0.1) is 0 Å². The van der Waals surface area contributed by atoms with Crippen LogP contribution < -0.4 is 20.1 Å². The number of rotatable bonds is 5. The molecular formula is C18H23N3O5. The summed E-state index contributed by atoms with van der Waals surface area (Å²) in [5.74, 6) is 0.560. The summed E-state index contributed by atoms with van der Waals surface area (Å²) in [6.45, 7) is 6.23. The van der Waals surface area contributed by atoms with Crippen LogP contribution in [0.3, 0.4) is 0 Å². The Balaban J connectivity index is 1.65. The highest BCUT2D eigenvalue weighted by atomic mass is 16.6. The first-order chi connectivity index (χ1) is 12.3. The van der Waals surface area contributed by atoms with Crippen LogP contribution in [0.2, 0.25) is 0 Å². The number of anilines is 1. The van der Waals surface area contributed by atoms with E-state index in [2.05, 4.69) is 10.6 Å². The summed E-state index contributed by atoms with van der Waals surface area (Å²) in [5, 5.41) is 5.37. The van der Waals surface area contributed by atoms with E-state index in [0.29, 0.717) is 36.8 Å². The molecule has 2 aliphatic heterocycles. The summed E-state index contributed by atoms with van der Waals surface area (Å²) in [6, 6.07) is 4.49. The zero-order chi connectivity index (χ0) is 18.9. The Morgan fingerprint density at radius 1 is 1.27 bits per heavy atom. The molecule has 26 heavy (non-hydrogen) atoms. The predicted molar refractivity (Wildman–Crippen MR) is 94.2 cm³/mol. The second-order valence-corrected chi connectivity index (χ2v) is 7.16. The monoisotopic (exact) mass is 361 g/mol. The molecular weight excluding hydrogens is 338 g/mol. The number of hydrogen-bond acceptors (Lipinski definition) is 5. The Morgan fingerprint density at radius 3 is 2.65 bits per heavy atom. The smallest absolute Gasteiger partial charge is 0.325 e. The van der Waals surface area contributed by atoms with Gasteiger partial charge in [-0.25, -0.2) is 4.79 Å². The van der Waals surface area contributed by atoms with Gasteiger partial charge in [-0.15, -0.1) is 0 Å². The number of carbonyl (C=O) groups excluding carboxylic acids is 3. The van der Waals surface area contributed by atoms with E-state index in [1.165, 1.54) is 0 Å². The number of carbonyl (C=O) groups is 3.